The average molecular weight is 554 g/mol. The number of amides is 1. The summed E-state index contributed by atoms with van der Waals surface area (Å²) in [6.45, 7) is 1.67. The van der Waals surface area contributed by atoms with E-state index >= 15 is 0 Å². The molecule has 0 saturated carbocycles. The molecule has 0 aliphatic rings. The highest BCUT2D eigenvalue weighted by atomic mass is 32.1. The topological polar surface area (TPSA) is 138 Å². The number of hydrogen-bond donors (Lipinski definition) is 2. The van der Waals surface area contributed by atoms with Crippen molar-refractivity contribution in [1.82, 2.24) is 39.2 Å². The Bertz CT molecular complexity index is 2060. The summed E-state index contributed by atoms with van der Waals surface area (Å²) in [5, 5.41) is 13.1. The summed E-state index contributed by atoms with van der Waals surface area (Å²) in [5.74, 6) is 5.17. The van der Waals surface area contributed by atoms with Crippen LogP contribution in [0.5, 0.6) is 0 Å². The molecule has 0 unspecified atom stereocenters. The molecule has 198 valence electrons. The Kier molecular flexibility index (Phi) is 6.08. The summed E-state index contributed by atoms with van der Waals surface area (Å²) in [7, 11) is 1.79. The van der Waals surface area contributed by atoms with Gasteiger partial charge in [-0.05, 0) is 31.2 Å². The van der Waals surface area contributed by atoms with Crippen molar-refractivity contribution in [2.45, 2.75) is 13.0 Å². The van der Waals surface area contributed by atoms with Gasteiger partial charge >= 0.3 is 0 Å². The van der Waals surface area contributed by atoms with Gasteiger partial charge in [-0.25, -0.2) is 18.9 Å². The van der Waals surface area contributed by atoms with Crippen LogP contribution in [0.2, 0.25) is 0 Å². The first-order chi connectivity index (χ1) is 19.3. The Labute approximate surface area is 229 Å². The number of aromatic nitrogens is 7. The largest absolute Gasteiger partial charge is 0.381 e. The average Bonchev–Trinajstić information content (AvgIpc) is 3.63. The number of fused-ring (bicyclic) bond motifs is 2. The monoisotopic (exact) mass is 553 g/mol. The molecule has 0 aliphatic heterocycles. The Balaban J connectivity index is 1.47. The highest BCUT2D eigenvalue weighted by molar-refractivity contribution is 7.17. The quantitative estimate of drug-likeness (QED) is 0.320. The minimum absolute atomic E-state index is 0.00409. The lowest BCUT2D eigenvalue weighted by atomic mass is 10.2. The second-order valence-electron chi connectivity index (χ2n) is 8.92. The van der Waals surface area contributed by atoms with E-state index in [0.29, 0.717) is 21.3 Å². The zero-order chi connectivity index (χ0) is 28.0. The van der Waals surface area contributed by atoms with Gasteiger partial charge in [0.1, 0.15) is 22.0 Å². The lowest BCUT2D eigenvalue weighted by Gasteiger charge is -2.19. The first-order valence-electron chi connectivity index (χ1n) is 12.0. The number of aryl methyl sites for hydroxylation is 1. The molecule has 5 aromatic heterocycles. The highest BCUT2D eigenvalue weighted by Gasteiger charge is 2.25. The number of nitrogens with two attached hydrogens (primary N) is 1. The molecule has 5 heterocycles. The van der Waals surface area contributed by atoms with Crippen LogP contribution in [0.4, 0.5) is 10.2 Å². The first-order valence-corrected chi connectivity index (χ1v) is 12.9. The number of thiophene rings is 1. The third-order valence-corrected chi connectivity index (χ3v) is 7.00. The van der Waals surface area contributed by atoms with Gasteiger partial charge in [0.25, 0.3) is 11.5 Å². The molecule has 1 amide bonds. The van der Waals surface area contributed by atoms with Crippen molar-refractivity contribution in [3.8, 4) is 17.5 Å². The van der Waals surface area contributed by atoms with E-state index in [9.17, 15) is 14.0 Å². The van der Waals surface area contributed by atoms with Crippen molar-refractivity contribution in [2.75, 3.05) is 5.73 Å². The van der Waals surface area contributed by atoms with E-state index in [2.05, 4.69) is 32.3 Å². The van der Waals surface area contributed by atoms with Gasteiger partial charge in [-0.15, -0.1) is 16.4 Å². The summed E-state index contributed by atoms with van der Waals surface area (Å²) < 4.78 is 18.6. The van der Waals surface area contributed by atoms with Gasteiger partial charge in [0.2, 0.25) is 0 Å². The van der Waals surface area contributed by atoms with Crippen LogP contribution < -0.4 is 16.6 Å². The number of hydrogen-bond acceptors (Lipinski definition) is 8. The Morgan fingerprint density at radius 3 is 2.88 bits per heavy atom. The second-order valence-corrected chi connectivity index (χ2v) is 9.77. The van der Waals surface area contributed by atoms with Gasteiger partial charge in [0, 0.05) is 31.0 Å². The van der Waals surface area contributed by atoms with Crippen molar-refractivity contribution in [3.05, 3.63) is 99.2 Å². The number of nitrogen functional groups attached to an aromatic ring is 1. The molecule has 40 heavy (non-hydrogen) atoms. The summed E-state index contributed by atoms with van der Waals surface area (Å²) in [6.07, 6.45) is 6.54. The summed E-state index contributed by atoms with van der Waals surface area (Å²) in [6, 6.07) is 6.47. The molecule has 0 bridgehead atoms. The molecule has 11 nitrogen and oxygen atoms in total. The fraction of sp³-hybridized carbons (Fsp3) is 0.111. The standard InChI is InChI=1S/C27H20FN9O2S/c1-15(32-25(38)21-22(29)34-36-10-4-9-30-24(21)36)23-33-26-20(27(39)37(23)19-6-3-5-18(28)11-19)17(14-40-26)8-7-16-12-31-35(2)13-16/h3-6,9-15H,1-2H3,(H2,29,34)(H,32,38)/t15-/m1/s1. The van der Waals surface area contributed by atoms with Crippen LogP contribution in [0, 0.1) is 17.7 Å². The minimum Gasteiger partial charge on any atom is -0.381 e. The maximum atomic E-state index is 14.3. The number of benzene rings is 1. The van der Waals surface area contributed by atoms with Crippen LogP contribution in [-0.4, -0.2) is 39.8 Å². The lowest BCUT2D eigenvalue weighted by molar-refractivity contribution is 0.0940. The van der Waals surface area contributed by atoms with E-state index < -0.39 is 23.3 Å². The third-order valence-electron chi connectivity index (χ3n) is 6.13. The number of anilines is 1. The molecule has 0 radical (unpaired) electrons. The Hall–Kier alpha value is -5.35. The zero-order valence-corrected chi connectivity index (χ0v) is 22.0. The summed E-state index contributed by atoms with van der Waals surface area (Å²) in [4.78, 5) is 36.7. The van der Waals surface area contributed by atoms with Gasteiger partial charge in [0.05, 0.1) is 34.4 Å². The van der Waals surface area contributed by atoms with Crippen molar-refractivity contribution in [2.24, 2.45) is 7.05 Å². The van der Waals surface area contributed by atoms with E-state index in [-0.39, 0.29) is 28.5 Å². The molecule has 6 rings (SSSR count). The third kappa shape index (κ3) is 4.36. The lowest BCUT2D eigenvalue weighted by Crippen LogP contribution is -2.33. The van der Waals surface area contributed by atoms with E-state index in [4.69, 9.17) is 10.7 Å². The molecule has 1 atom stereocenters. The van der Waals surface area contributed by atoms with E-state index in [1.807, 2.05) is 0 Å². The van der Waals surface area contributed by atoms with Crippen LogP contribution in [0.1, 0.15) is 40.3 Å². The Morgan fingerprint density at radius 2 is 2.10 bits per heavy atom. The maximum Gasteiger partial charge on any atom is 0.268 e. The molecule has 0 spiro atoms. The van der Waals surface area contributed by atoms with Crippen molar-refractivity contribution >= 4 is 38.9 Å². The fourth-order valence-electron chi connectivity index (χ4n) is 4.33. The molecule has 13 heteroatoms. The van der Waals surface area contributed by atoms with Crippen LogP contribution in [0.25, 0.3) is 21.6 Å². The molecule has 0 saturated heterocycles. The van der Waals surface area contributed by atoms with Crippen LogP contribution >= 0.6 is 11.3 Å². The van der Waals surface area contributed by atoms with Crippen molar-refractivity contribution in [3.63, 3.8) is 0 Å². The highest BCUT2D eigenvalue weighted by Crippen LogP contribution is 2.26. The molecular weight excluding hydrogens is 533 g/mol. The molecule has 1 aromatic carbocycles. The van der Waals surface area contributed by atoms with E-state index in [0.717, 1.165) is 0 Å². The number of halogens is 1. The molecule has 3 N–H and O–H groups in total. The van der Waals surface area contributed by atoms with Gasteiger partial charge in [0.15, 0.2) is 11.5 Å². The molecular formula is C27H20FN9O2S. The van der Waals surface area contributed by atoms with Crippen LogP contribution in [0.3, 0.4) is 0 Å². The molecule has 6 aromatic rings. The van der Waals surface area contributed by atoms with Crippen molar-refractivity contribution in [1.29, 1.82) is 0 Å². The smallest absolute Gasteiger partial charge is 0.268 e. The van der Waals surface area contributed by atoms with Gasteiger partial charge in [-0.3, -0.25) is 18.8 Å². The summed E-state index contributed by atoms with van der Waals surface area (Å²) >= 11 is 1.25. The van der Waals surface area contributed by atoms with Gasteiger partial charge in [-0.1, -0.05) is 17.9 Å². The minimum atomic E-state index is -0.794. The fourth-order valence-corrected chi connectivity index (χ4v) is 5.20. The summed E-state index contributed by atoms with van der Waals surface area (Å²) in [5.41, 5.74) is 7.38. The number of nitrogens with one attached hydrogen (secondary N) is 1. The van der Waals surface area contributed by atoms with Gasteiger partial charge < -0.3 is 11.1 Å². The van der Waals surface area contributed by atoms with E-state index in [1.165, 1.54) is 44.8 Å². The SMILES string of the molecule is C[C@@H](NC(=O)c1c(N)nn2cccnc12)c1nc2scc(C#Cc3cnn(C)c3)c2c(=O)n1-c1cccc(F)c1. The molecule has 0 fully saturated rings. The predicted octanol–water partition coefficient (Wildman–Crippen LogP) is 2.84. The molecule has 0 aliphatic carbocycles. The van der Waals surface area contributed by atoms with Crippen molar-refractivity contribution < 1.29 is 9.18 Å². The second kappa shape index (κ2) is 9.75. The first kappa shape index (κ1) is 25.0. The maximum absolute atomic E-state index is 14.3. The number of nitrogens with zero attached hydrogens (tertiary/aromatic N) is 7. The Morgan fingerprint density at radius 1 is 1.25 bits per heavy atom. The predicted molar refractivity (Wildman–Crippen MR) is 148 cm³/mol. The van der Waals surface area contributed by atoms with Crippen LogP contribution in [-0.2, 0) is 7.05 Å². The van der Waals surface area contributed by atoms with E-state index in [1.54, 1.807) is 54.8 Å². The number of carbonyl (C=O) groups excluding carboxylic acids is 1. The number of carbonyl (C=O) groups is 1. The number of rotatable bonds is 4. The zero-order valence-electron chi connectivity index (χ0n) is 21.2. The normalized spacial score (nSPS) is 11.9. The van der Waals surface area contributed by atoms with Crippen LogP contribution in [0.15, 0.2) is 65.3 Å². The van der Waals surface area contributed by atoms with Gasteiger partial charge in [-0.2, -0.15) is 5.10 Å².